The fourth-order valence-corrected chi connectivity index (χ4v) is 2.36. The van der Waals surface area contributed by atoms with E-state index in [0.29, 0.717) is 0 Å². The van der Waals surface area contributed by atoms with Crippen molar-refractivity contribution in [1.29, 1.82) is 0 Å². The van der Waals surface area contributed by atoms with Gasteiger partial charge in [-0.05, 0) is 62.1 Å². The molecular formula is C19H24N2O2. The van der Waals surface area contributed by atoms with Crippen LogP contribution in [0.2, 0.25) is 0 Å². The number of nitrogens with one attached hydrogen (secondary N) is 2. The van der Waals surface area contributed by atoms with Crippen LogP contribution in [-0.2, 0) is 6.42 Å². The molecule has 2 aromatic rings. The fraction of sp³-hybridized carbons (Fsp3) is 0.316. The maximum Gasteiger partial charge on any atom is 0.319 e. The third-order valence-electron chi connectivity index (χ3n) is 3.68. The summed E-state index contributed by atoms with van der Waals surface area (Å²) in [4.78, 5) is 12.0. The van der Waals surface area contributed by atoms with Crippen molar-refractivity contribution in [2.75, 3.05) is 12.4 Å². The van der Waals surface area contributed by atoms with Gasteiger partial charge in [-0.3, -0.25) is 0 Å². The number of anilines is 1. The van der Waals surface area contributed by atoms with Crippen LogP contribution in [0, 0.1) is 6.92 Å². The molecule has 0 radical (unpaired) electrons. The van der Waals surface area contributed by atoms with Gasteiger partial charge in [-0.2, -0.15) is 0 Å². The van der Waals surface area contributed by atoms with E-state index in [9.17, 15) is 4.79 Å². The summed E-state index contributed by atoms with van der Waals surface area (Å²) < 4.78 is 5.15. The number of hydrogen-bond acceptors (Lipinski definition) is 2. The summed E-state index contributed by atoms with van der Waals surface area (Å²) >= 11 is 0. The number of rotatable bonds is 6. The summed E-state index contributed by atoms with van der Waals surface area (Å²) in [6, 6.07) is 15.7. The zero-order valence-electron chi connectivity index (χ0n) is 13.9. The average Bonchev–Trinajstić information content (AvgIpc) is 2.53. The molecule has 0 aliphatic carbocycles. The molecule has 0 aliphatic rings. The first kappa shape index (κ1) is 16.9. The lowest BCUT2D eigenvalue weighted by atomic mass is 10.1. The molecule has 2 aromatic carbocycles. The summed E-state index contributed by atoms with van der Waals surface area (Å²) in [5.74, 6) is 0.859. The van der Waals surface area contributed by atoms with Crippen LogP contribution < -0.4 is 15.4 Å². The highest BCUT2D eigenvalue weighted by Crippen LogP contribution is 2.13. The van der Waals surface area contributed by atoms with Gasteiger partial charge < -0.3 is 15.4 Å². The van der Waals surface area contributed by atoms with Crippen molar-refractivity contribution in [3.8, 4) is 5.75 Å². The molecule has 0 heterocycles. The Hall–Kier alpha value is -2.49. The molecule has 122 valence electrons. The van der Waals surface area contributed by atoms with Crippen LogP contribution in [0.4, 0.5) is 10.5 Å². The van der Waals surface area contributed by atoms with Gasteiger partial charge in [-0.1, -0.05) is 24.3 Å². The van der Waals surface area contributed by atoms with Crippen molar-refractivity contribution in [3.63, 3.8) is 0 Å². The van der Waals surface area contributed by atoms with Crippen LogP contribution >= 0.6 is 0 Å². The molecule has 2 rings (SSSR count). The van der Waals surface area contributed by atoms with Gasteiger partial charge in [0, 0.05) is 11.7 Å². The number of benzene rings is 2. The molecule has 0 aliphatic heterocycles. The Morgan fingerprint density at radius 3 is 2.57 bits per heavy atom. The lowest BCUT2D eigenvalue weighted by Crippen LogP contribution is -2.36. The van der Waals surface area contributed by atoms with E-state index < -0.39 is 0 Å². The highest BCUT2D eigenvalue weighted by molar-refractivity contribution is 5.89. The third kappa shape index (κ3) is 5.66. The molecule has 2 amide bonds. The highest BCUT2D eigenvalue weighted by Gasteiger charge is 2.08. The molecule has 4 nitrogen and oxygen atoms in total. The normalized spacial score (nSPS) is 11.6. The number of carbonyl (C=O) groups excluding carboxylic acids is 1. The fourth-order valence-electron chi connectivity index (χ4n) is 2.36. The Morgan fingerprint density at radius 2 is 1.91 bits per heavy atom. The smallest absolute Gasteiger partial charge is 0.319 e. The van der Waals surface area contributed by atoms with E-state index in [1.807, 2.05) is 50.2 Å². The molecule has 0 fully saturated rings. The maximum absolute atomic E-state index is 12.0. The molecule has 23 heavy (non-hydrogen) atoms. The monoisotopic (exact) mass is 312 g/mol. The Balaban J connectivity index is 1.77. The molecule has 1 atom stereocenters. The molecule has 0 saturated carbocycles. The third-order valence-corrected chi connectivity index (χ3v) is 3.68. The zero-order chi connectivity index (χ0) is 16.7. The molecule has 0 saturated heterocycles. The van der Waals surface area contributed by atoms with E-state index >= 15 is 0 Å². The first-order valence-corrected chi connectivity index (χ1v) is 7.84. The Kier molecular flexibility index (Phi) is 6.03. The number of amides is 2. The van der Waals surface area contributed by atoms with Crippen LogP contribution in [0.5, 0.6) is 5.75 Å². The van der Waals surface area contributed by atoms with Gasteiger partial charge in [-0.15, -0.1) is 0 Å². The van der Waals surface area contributed by atoms with E-state index in [4.69, 9.17) is 4.74 Å². The van der Waals surface area contributed by atoms with Crippen molar-refractivity contribution < 1.29 is 9.53 Å². The van der Waals surface area contributed by atoms with Gasteiger partial charge in [0.1, 0.15) is 5.75 Å². The number of ether oxygens (including phenoxy) is 1. The molecular weight excluding hydrogens is 288 g/mol. The molecule has 0 spiro atoms. The summed E-state index contributed by atoms with van der Waals surface area (Å²) in [6.45, 7) is 4.01. The van der Waals surface area contributed by atoms with E-state index in [1.54, 1.807) is 7.11 Å². The minimum Gasteiger partial charge on any atom is -0.497 e. The lowest BCUT2D eigenvalue weighted by molar-refractivity contribution is 0.248. The second-order valence-corrected chi connectivity index (χ2v) is 5.76. The molecule has 0 bridgehead atoms. The van der Waals surface area contributed by atoms with E-state index in [-0.39, 0.29) is 12.1 Å². The Bertz CT molecular complexity index is 638. The van der Waals surface area contributed by atoms with Gasteiger partial charge in [-0.25, -0.2) is 4.79 Å². The number of urea groups is 1. The van der Waals surface area contributed by atoms with Gasteiger partial charge in [0.05, 0.1) is 7.11 Å². The van der Waals surface area contributed by atoms with Gasteiger partial charge in [0.15, 0.2) is 0 Å². The van der Waals surface area contributed by atoms with Crippen LogP contribution in [0.25, 0.3) is 0 Å². The first-order chi connectivity index (χ1) is 11.1. The highest BCUT2D eigenvalue weighted by atomic mass is 16.5. The summed E-state index contributed by atoms with van der Waals surface area (Å²) in [6.07, 6.45) is 1.80. The quantitative estimate of drug-likeness (QED) is 0.842. The Labute approximate surface area is 137 Å². The minimum atomic E-state index is -0.169. The zero-order valence-corrected chi connectivity index (χ0v) is 13.9. The lowest BCUT2D eigenvalue weighted by Gasteiger charge is -2.15. The summed E-state index contributed by atoms with van der Waals surface area (Å²) in [7, 11) is 1.66. The van der Waals surface area contributed by atoms with Crippen molar-refractivity contribution in [1.82, 2.24) is 5.32 Å². The maximum atomic E-state index is 12.0. The van der Waals surface area contributed by atoms with Crippen molar-refractivity contribution >= 4 is 11.7 Å². The summed E-state index contributed by atoms with van der Waals surface area (Å²) in [5, 5.41) is 5.83. The van der Waals surface area contributed by atoms with E-state index in [2.05, 4.69) is 22.8 Å². The SMILES string of the molecule is COc1ccc(CCC(C)NC(=O)Nc2cccc(C)c2)cc1. The van der Waals surface area contributed by atoms with Crippen LogP contribution in [-0.4, -0.2) is 19.2 Å². The average molecular weight is 312 g/mol. The van der Waals surface area contributed by atoms with Crippen molar-refractivity contribution in [3.05, 3.63) is 59.7 Å². The van der Waals surface area contributed by atoms with Crippen LogP contribution in [0.3, 0.4) is 0 Å². The van der Waals surface area contributed by atoms with Gasteiger partial charge in [0.2, 0.25) is 0 Å². The second-order valence-electron chi connectivity index (χ2n) is 5.76. The second kappa shape index (κ2) is 8.22. The molecule has 2 N–H and O–H groups in total. The number of carbonyl (C=O) groups is 1. The predicted molar refractivity (Wildman–Crippen MR) is 94.1 cm³/mol. The van der Waals surface area contributed by atoms with E-state index in [0.717, 1.165) is 29.8 Å². The van der Waals surface area contributed by atoms with Crippen LogP contribution in [0.15, 0.2) is 48.5 Å². The number of aryl methyl sites for hydroxylation is 2. The number of methoxy groups -OCH3 is 1. The number of hydrogen-bond donors (Lipinski definition) is 2. The minimum absolute atomic E-state index is 0.0990. The van der Waals surface area contributed by atoms with Crippen molar-refractivity contribution in [2.45, 2.75) is 32.7 Å². The predicted octanol–water partition coefficient (Wildman–Crippen LogP) is 4.15. The molecule has 4 heteroatoms. The largest absolute Gasteiger partial charge is 0.497 e. The first-order valence-electron chi connectivity index (χ1n) is 7.84. The standard InChI is InChI=1S/C19H24N2O2/c1-14-5-4-6-17(13-14)21-19(22)20-15(2)7-8-16-9-11-18(23-3)12-10-16/h4-6,9-13,15H,7-8H2,1-3H3,(H2,20,21,22). The topological polar surface area (TPSA) is 50.4 Å². The Morgan fingerprint density at radius 1 is 1.17 bits per heavy atom. The van der Waals surface area contributed by atoms with Gasteiger partial charge in [0.25, 0.3) is 0 Å². The van der Waals surface area contributed by atoms with Crippen molar-refractivity contribution in [2.24, 2.45) is 0 Å². The summed E-state index contributed by atoms with van der Waals surface area (Å²) in [5.41, 5.74) is 3.17. The van der Waals surface area contributed by atoms with Gasteiger partial charge >= 0.3 is 6.03 Å². The van der Waals surface area contributed by atoms with E-state index in [1.165, 1.54) is 5.56 Å². The molecule has 0 aromatic heterocycles. The van der Waals surface area contributed by atoms with Crippen LogP contribution in [0.1, 0.15) is 24.5 Å². The molecule has 1 unspecified atom stereocenters.